The van der Waals surface area contributed by atoms with Crippen LogP contribution in [0.4, 0.5) is 0 Å². The third kappa shape index (κ3) is 4.58. The van der Waals surface area contributed by atoms with Gasteiger partial charge in [-0.2, -0.15) is 0 Å². The minimum atomic E-state index is -0.480. The predicted octanol–water partition coefficient (Wildman–Crippen LogP) is 3.41. The van der Waals surface area contributed by atoms with Crippen LogP contribution in [-0.2, 0) is 4.79 Å². The smallest absolute Gasteiger partial charge is 0.260 e. The van der Waals surface area contributed by atoms with Gasteiger partial charge >= 0.3 is 0 Å². The van der Waals surface area contributed by atoms with Gasteiger partial charge in [-0.3, -0.25) is 4.79 Å². The molecule has 0 aliphatic rings. The van der Waals surface area contributed by atoms with E-state index in [0.717, 1.165) is 5.75 Å². The van der Waals surface area contributed by atoms with E-state index in [1.807, 2.05) is 26.0 Å². The molecular formula is C16H25NO2. The molecule has 0 aromatic heterocycles. The number of hydrogen-bond acceptors (Lipinski definition) is 2. The molecule has 0 bridgehead atoms. The van der Waals surface area contributed by atoms with E-state index >= 15 is 0 Å². The Morgan fingerprint density at radius 2 is 1.79 bits per heavy atom. The van der Waals surface area contributed by atoms with Gasteiger partial charge in [-0.05, 0) is 56.9 Å². The summed E-state index contributed by atoms with van der Waals surface area (Å²) in [4.78, 5) is 11.8. The fraction of sp³-hybridized carbons (Fsp3) is 0.562. The lowest BCUT2D eigenvalue weighted by atomic mass is 9.98. The van der Waals surface area contributed by atoms with Crippen molar-refractivity contribution in [1.82, 2.24) is 5.32 Å². The van der Waals surface area contributed by atoms with Gasteiger partial charge in [-0.15, -0.1) is 0 Å². The van der Waals surface area contributed by atoms with Gasteiger partial charge in [0.1, 0.15) is 5.75 Å². The van der Waals surface area contributed by atoms with Crippen LogP contribution in [0.2, 0.25) is 0 Å². The van der Waals surface area contributed by atoms with Crippen LogP contribution in [0, 0.1) is 6.92 Å². The molecule has 1 unspecified atom stereocenters. The number of ether oxygens (including phenoxy) is 1. The van der Waals surface area contributed by atoms with Gasteiger partial charge in [0.15, 0.2) is 6.10 Å². The molecule has 0 radical (unpaired) electrons. The number of rotatable bonds is 5. The molecule has 19 heavy (non-hydrogen) atoms. The zero-order chi connectivity index (χ0) is 14.6. The van der Waals surface area contributed by atoms with E-state index in [-0.39, 0.29) is 11.9 Å². The SMILES string of the molecule is Cc1cc(OC(C)C(=O)NC(C)C)ccc1C(C)C. The molecule has 0 aliphatic carbocycles. The summed E-state index contributed by atoms with van der Waals surface area (Å²) in [6.45, 7) is 12.0. The Balaban J connectivity index is 2.72. The molecule has 1 rings (SSSR count). The molecule has 0 saturated carbocycles. The summed E-state index contributed by atoms with van der Waals surface area (Å²) in [5.74, 6) is 1.16. The third-order valence-corrected chi connectivity index (χ3v) is 2.98. The summed E-state index contributed by atoms with van der Waals surface area (Å²) in [7, 11) is 0. The lowest BCUT2D eigenvalue weighted by Gasteiger charge is -2.18. The van der Waals surface area contributed by atoms with Gasteiger partial charge in [0.05, 0.1) is 0 Å². The Labute approximate surface area is 116 Å². The van der Waals surface area contributed by atoms with Crippen molar-refractivity contribution in [2.75, 3.05) is 0 Å². The number of carbonyl (C=O) groups is 1. The maximum Gasteiger partial charge on any atom is 0.260 e. The van der Waals surface area contributed by atoms with Crippen molar-refractivity contribution < 1.29 is 9.53 Å². The van der Waals surface area contributed by atoms with E-state index in [9.17, 15) is 4.79 Å². The van der Waals surface area contributed by atoms with Gasteiger partial charge in [-0.25, -0.2) is 0 Å². The average Bonchev–Trinajstić information content (AvgIpc) is 2.27. The van der Waals surface area contributed by atoms with Crippen molar-refractivity contribution in [2.24, 2.45) is 0 Å². The molecule has 3 nitrogen and oxygen atoms in total. The molecule has 0 spiro atoms. The summed E-state index contributed by atoms with van der Waals surface area (Å²) in [6.07, 6.45) is -0.480. The largest absolute Gasteiger partial charge is 0.481 e. The first kappa shape index (κ1) is 15.5. The average molecular weight is 263 g/mol. The Kier molecular flexibility index (Phi) is 5.40. The van der Waals surface area contributed by atoms with Crippen molar-refractivity contribution >= 4 is 5.91 Å². The van der Waals surface area contributed by atoms with E-state index in [1.165, 1.54) is 11.1 Å². The number of hydrogen-bond donors (Lipinski definition) is 1. The van der Waals surface area contributed by atoms with E-state index in [1.54, 1.807) is 6.92 Å². The van der Waals surface area contributed by atoms with E-state index < -0.39 is 6.10 Å². The Morgan fingerprint density at radius 3 is 2.26 bits per heavy atom. The van der Waals surface area contributed by atoms with Crippen LogP contribution in [-0.4, -0.2) is 18.1 Å². The predicted molar refractivity (Wildman–Crippen MR) is 78.6 cm³/mol. The highest BCUT2D eigenvalue weighted by Crippen LogP contribution is 2.24. The second kappa shape index (κ2) is 6.60. The molecule has 1 aromatic carbocycles. The standard InChI is InChI=1S/C16H25NO2/c1-10(2)15-8-7-14(9-12(15)5)19-13(6)16(18)17-11(3)4/h7-11,13H,1-6H3,(H,17,18). The Hall–Kier alpha value is -1.51. The summed E-state index contributed by atoms with van der Waals surface area (Å²) >= 11 is 0. The first-order chi connectivity index (χ1) is 8.81. The van der Waals surface area contributed by atoms with Crippen molar-refractivity contribution in [3.63, 3.8) is 0 Å². The molecule has 0 fully saturated rings. The summed E-state index contributed by atoms with van der Waals surface area (Å²) in [5.41, 5.74) is 2.51. The zero-order valence-corrected chi connectivity index (χ0v) is 12.8. The molecule has 1 amide bonds. The van der Waals surface area contributed by atoms with Crippen LogP contribution in [0.5, 0.6) is 5.75 Å². The van der Waals surface area contributed by atoms with Crippen molar-refractivity contribution in [2.45, 2.75) is 59.6 Å². The normalized spacial score (nSPS) is 12.6. The van der Waals surface area contributed by atoms with Crippen LogP contribution in [0.1, 0.15) is 51.7 Å². The van der Waals surface area contributed by atoms with Crippen LogP contribution in [0.25, 0.3) is 0 Å². The summed E-state index contributed by atoms with van der Waals surface area (Å²) in [5, 5.41) is 2.84. The number of benzene rings is 1. The maximum absolute atomic E-state index is 11.8. The highest BCUT2D eigenvalue weighted by molar-refractivity contribution is 5.80. The van der Waals surface area contributed by atoms with Crippen LogP contribution < -0.4 is 10.1 Å². The van der Waals surface area contributed by atoms with Crippen LogP contribution in [0.15, 0.2) is 18.2 Å². The van der Waals surface area contributed by atoms with E-state index in [2.05, 4.69) is 32.2 Å². The molecule has 1 N–H and O–H groups in total. The minimum Gasteiger partial charge on any atom is -0.481 e. The van der Waals surface area contributed by atoms with Gasteiger partial charge in [0.25, 0.3) is 5.91 Å². The molecule has 106 valence electrons. The molecule has 0 heterocycles. The summed E-state index contributed by atoms with van der Waals surface area (Å²) in [6, 6.07) is 6.13. The highest BCUT2D eigenvalue weighted by atomic mass is 16.5. The number of aryl methyl sites for hydroxylation is 1. The maximum atomic E-state index is 11.8. The highest BCUT2D eigenvalue weighted by Gasteiger charge is 2.15. The second-order valence-corrected chi connectivity index (χ2v) is 5.60. The van der Waals surface area contributed by atoms with Gasteiger partial charge in [0.2, 0.25) is 0 Å². The monoisotopic (exact) mass is 263 g/mol. The van der Waals surface area contributed by atoms with Crippen molar-refractivity contribution in [1.29, 1.82) is 0 Å². The zero-order valence-electron chi connectivity index (χ0n) is 12.8. The molecule has 0 aliphatic heterocycles. The van der Waals surface area contributed by atoms with Gasteiger partial charge < -0.3 is 10.1 Å². The number of nitrogens with one attached hydrogen (secondary N) is 1. The summed E-state index contributed by atoms with van der Waals surface area (Å²) < 4.78 is 5.68. The molecular weight excluding hydrogens is 238 g/mol. The van der Waals surface area contributed by atoms with Gasteiger partial charge in [0, 0.05) is 6.04 Å². The van der Waals surface area contributed by atoms with Crippen molar-refractivity contribution in [3.05, 3.63) is 29.3 Å². The lowest BCUT2D eigenvalue weighted by molar-refractivity contribution is -0.127. The second-order valence-electron chi connectivity index (χ2n) is 5.60. The first-order valence-electron chi connectivity index (χ1n) is 6.88. The third-order valence-electron chi connectivity index (χ3n) is 2.98. The van der Waals surface area contributed by atoms with Crippen LogP contribution in [0.3, 0.4) is 0 Å². The molecule has 1 atom stereocenters. The van der Waals surface area contributed by atoms with Crippen molar-refractivity contribution in [3.8, 4) is 5.75 Å². The van der Waals surface area contributed by atoms with Crippen LogP contribution >= 0.6 is 0 Å². The fourth-order valence-electron chi connectivity index (χ4n) is 2.03. The minimum absolute atomic E-state index is 0.0828. The quantitative estimate of drug-likeness (QED) is 0.884. The molecule has 0 saturated heterocycles. The lowest BCUT2D eigenvalue weighted by Crippen LogP contribution is -2.40. The molecule has 3 heteroatoms. The molecule has 1 aromatic rings. The Morgan fingerprint density at radius 1 is 1.16 bits per heavy atom. The number of amides is 1. The van der Waals surface area contributed by atoms with E-state index in [0.29, 0.717) is 5.92 Å². The van der Waals surface area contributed by atoms with E-state index in [4.69, 9.17) is 4.74 Å². The Bertz CT molecular complexity index is 438. The topological polar surface area (TPSA) is 38.3 Å². The first-order valence-corrected chi connectivity index (χ1v) is 6.88. The number of carbonyl (C=O) groups excluding carboxylic acids is 1. The van der Waals surface area contributed by atoms with Gasteiger partial charge in [-0.1, -0.05) is 19.9 Å². The fourth-order valence-corrected chi connectivity index (χ4v) is 2.03.